The van der Waals surface area contributed by atoms with Crippen molar-refractivity contribution in [3.63, 3.8) is 0 Å². The molecule has 0 unspecified atom stereocenters. The van der Waals surface area contributed by atoms with Crippen molar-refractivity contribution in [1.82, 2.24) is 9.88 Å². The average molecular weight is 292 g/mol. The van der Waals surface area contributed by atoms with E-state index in [-0.39, 0.29) is 5.78 Å². The molecular weight excluding hydrogens is 268 g/mol. The Bertz CT molecular complexity index is 485. The zero-order chi connectivity index (χ0) is 14.1. The molecule has 0 aromatic carbocycles. The summed E-state index contributed by atoms with van der Waals surface area (Å²) in [4.78, 5) is 20.0. The Morgan fingerprint density at radius 3 is 2.60 bits per heavy atom. The SMILES string of the molecule is CC(=O)c1sc(CCN2CCC(C)CC2)nc1C1CC1. The normalized spacial score (nSPS) is 21.3. The largest absolute Gasteiger partial charge is 0.303 e. The minimum absolute atomic E-state index is 0.197. The molecule has 1 aromatic heterocycles. The molecule has 0 spiro atoms. The number of thiazole rings is 1. The van der Waals surface area contributed by atoms with Crippen molar-refractivity contribution in [1.29, 1.82) is 0 Å². The molecule has 3 rings (SSSR count). The van der Waals surface area contributed by atoms with Gasteiger partial charge < -0.3 is 4.90 Å². The van der Waals surface area contributed by atoms with Crippen molar-refractivity contribution in [2.75, 3.05) is 19.6 Å². The summed E-state index contributed by atoms with van der Waals surface area (Å²) < 4.78 is 0. The minimum atomic E-state index is 0.197. The number of likely N-dealkylation sites (tertiary alicyclic amines) is 1. The van der Waals surface area contributed by atoms with Crippen LogP contribution >= 0.6 is 11.3 Å². The third-order valence-corrected chi connectivity index (χ3v) is 5.73. The van der Waals surface area contributed by atoms with Crippen LogP contribution in [-0.4, -0.2) is 35.3 Å². The number of carbonyl (C=O) groups is 1. The van der Waals surface area contributed by atoms with Crippen LogP contribution in [0.1, 0.15) is 65.8 Å². The van der Waals surface area contributed by atoms with E-state index in [9.17, 15) is 4.79 Å². The number of Topliss-reactive ketones (excluding diaryl/α,β-unsaturated/α-hetero) is 1. The van der Waals surface area contributed by atoms with E-state index in [0.29, 0.717) is 5.92 Å². The molecule has 1 aromatic rings. The maximum atomic E-state index is 11.7. The molecule has 2 fully saturated rings. The Labute approximate surface area is 125 Å². The summed E-state index contributed by atoms with van der Waals surface area (Å²) in [5.74, 6) is 1.66. The number of piperidine rings is 1. The highest BCUT2D eigenvalue weighted by Crippen LogP contribution is 2.42. The average Bonchev–Trinajstić information content (AvgIpc) is 3.18. The van der Waals surface area contributed by atoms with E-state index in [2.05, 4.69) is 11.8 Å². The number of hydrogen-bond acceptors (Lipinski definition) is 4. The Morgan fingerprint density at radius 1 is 1.30 bits per heavy atom. The molecule has 0 radical (unpaired) electrons. The third kappa shape index (κ3) is 3.29. The highest BCUT2D eigenvalue weighted by atomic mass is 32.1. The van der Waals surface area contributed by atoms with E-state index in [0.717, 1.165) is 34.5 Å². The Morgan fingerprint density at radius 2 is 2.00 bits per heavy atom. The van der Waals surface area contributed by atoms with Gasteiger partial charge in [-0.15, -0.1) is 11.3 Å². The fraction of sp³-hybridized carbons (Fsp3) is 0.750. The first kappa shape index (κ1) is 14.2. The fourth-order valence-electron chi connectivity index (χ4n) is 2.91. The summed E-state index contributed by atoms with van der Waals surface area (Å²) in [5.41, 5.74) is 1.10. The zero-order valence-electron chi connectivity index (χ0n) is 12.5. The first-order valence-electron chi connectivity index (χ1n) is 7.86. The highest BCUT2D eigenvalue weighted by molar-refractivity contribution is 7.13. The summed E-state index contributed by atoms with van der Waals surface area (Å²) in [6.07, 6.45) is 6.08. The molecule has 2 heterocycles. The number of carbonyl (C=O) groups excluding carboxylic acids is 1. The monoisotopic (exact) mass is 292 g/mol. The summed E-state index contributed by atoms with van der Waals surface area (Å²) >= 11 is 1.64. The van der Waals surface area contributed by atoms with E-state index in [1.807, 2.05) is 0 Å². The molecule has 3 nitrogen and oxygen atoms in total. The summed E-state index contributed by atoms with van der Waals surface area (Å²) in [6.45, 7) is 7.57. The van der Waals surface area contributed by atoms with Crippen LogP contribution in [0.5, 0.6) is 0 Å². The van der Waals surface area contributed by atoms with Crippen LogP contribution in [0.4, 0.5) is 0 Å². The van der Waals surface area contributed by atoms with E-state index in [4.69, 9.17) is 4.98 Å². The van der Waals surface area contributed by atoms with Crippen LogP contribution in [-0.2, 0) is 6.42 Å². The number of rotatable bonds is 5. The van der Waals surface area contributed by atoms with Gasteiger partial charge in [-0.2, -0.15) is 0 Å². The van der Waals surface area contributed by atoms with E-state index in [1.54, 1.807) is 18.3 Å². The molecule has 20 heavy (non-hydrogen) atoms. The van der Waals surface area contributed by atoms with Crippen LogP contribution in [0.2, 0.25) is 0 Å². The predicted molar refractivity (Wildman–Crippen MR) is 82.6 cm³/mol. The molecule has 1 saturated carbocycles. The van der Waals surface area contributed by atoms with Crippen LogP contribution in [0.3, 0.4) is 0 Å². The number of hydrogen-bond donors (Lipinski definition) is 0. The maximum Gasteiger partial charge on any atom is 0.171 e. The third-order valence-electron chi connectivity index (χ3n) is 4.50. The van der Waals surface area contributed by atoms with E-state index >= 15 is 0 Å². The van der Waals surface area contributed by atoms with E-state index in [1.165, 1.54) is 38.8 Å². The second kappa shape index (κ2) is 5.94. The molecule has 2 aliphatic rings. The van der Waals surface area contributed by atoms with Crippen LogP contribution in [0.15, 0.2) is 0 Å². The lowest BCUT2D eigenvalue weighted by atomic mass is 9.99. The minimum Gasteiger partial charge on any atom is -0.303 e. The topological polar surface area (TPSA) is 33.2 Å². The molecule has 1 saturated heterocycles. The standard InChI is InChI=1S/C16H24N2OS/c1-11-5-8-18(9-6-11)10-7-14-17-15(13-3-4-13)16(20-14)12(2)19/h11,13H,3-10H2,1-2H3. The number of ketones is 1. The Hall–Kier alpha value is -0.740. The van der Waals surface area contributed by atoms with Crippen molar-refractivity contribution in [2.24, 2.45) is 5.92 Å². The molecule has 4 heteroatoms. The van der Waals surface area contributed by atoms with Gasteiger partial charge in [-0.1, -0.05) is 6.92 Å². The van der Waals surface area contributed by atoms with Gasteiger partial charge in [0.1, 0.15) is 0 Å². The molecule has 0 amide bonds. The molecular formula is C16H24N2OS. The van der Waals surface area contributed by atoms with Gasteiger partial charge in [0.15, 0.2) is 5.78 Å². The molecule has 1 aliphatic heterocycles. The van der Waals surface area contributed by atoms with Crippen LogP contribution in [0.25, 0.3) is 0 Å². The molecule has 1 aliphatic carbocycles. The van der Waals surface area contributed by atoms with Gasteiger partial charge >= 0.3 is 0 Å². The molecule has 0 bridgehead atoms. The van der Waals surface area contributed by atoms with Crippen molar-refractivity contribution in [3.05, 3.63) is 15.6 Å². The highest BCUT2D eigenvalue weighted by Gasteiger charge is 2.31. The second-order valence-electron chi connectivity index (χ2n) is 6.43. The lowest BCUT2D eigenvalue weighted by Gasteiger charge is -2.29. The van der Waals surface area contributed by atoms with E-state index < -0.39 is 0 Å². The number of nitrogens with zero attached hydrogens (tertiary/aromatic N) is 2. The van der Waals surface area contributed by atoms with Gasteiger partial charge in [-0.3, -0.25) is 4.79 Å². The quantitative estimate of drug-likeness (QED) is 0.779. The molecule has 0 atom stereocenters. The summed E-state index contributed by atoms with van der Waals surface area (Å²) in [7, 11) is 0. The maximum absolute atomic E-state index is 11.7. The fourth-order valence-corrected chi connectivity index (χ4v) is 3.94. The Balaban J connectivity index is 1.60. The van der Waals surface area contributed by atoms with Crippen molar-refractivity contribution in [3.8, 4) is 0 Å². The lowest BCUT2D eigenvalue weighted by Crippen LogP contribution is -2.34. The predicted octanol–water partition coefficient (Wildman–Crippen LogP) is 3.50. The van der Waals surface area contributed by atoms with Crippen molar-refractivity contribution in [2.45, 2.75) is 51.9 Å². The van der Waals surface area contributed by atoms with Crippen molar-refractivity contribution < 1.29 is 4.79 Å². The van der Waals surface area contributed by atoms with Gasteiger partial charge in [0, 0.05) is 25.8 Å². The van der Waals surface area contributed by atoms with Crippen LogP contribution < -0.4 is 0 Å². The van der Waals surface area contributed by atoms with Gasteiger partial charge in [0.2, 0.25) is 0 Å². The number of aromatic nitrogens is 1. The van der Waals surface area contributed by atoms with Gasteiger partial charge in [-0.05, 0) is 44.7 Å². The van der Waals surface area contributed by atoms with Crippen LogP contribution in [0, 0.1) is 5.92 Å². The first-order valence-corrected chi connectivity index (χ1v) is 8.68. The second-order valence-corrected chi connectivity index (χ2v) is 7.51. The smallest absolute Gasteiger partial charge is 0.171 e. The summed E-state index contributed by atoms with van der Waals surface area (Å²) in [5, 5.41) is 1.16. The molecule has 110 valence electrons. The van der Waals surface area contributed by atoms with Gasteiger partial charge in [0.25, 0.3) is 0 Å². The molecule has 0 N–H and O–H groups in total. The Kier molecular flexibility index (Phi) is 4.22. The van der Waals surface area contributed by atoms with Crippen molar-refractivity contribution >= 4 is 17.1 Å². The zero-order valence-corrected chi connectivity index (χ0v) is 13.3. The lowest BCUT2D eigenvalue weighted by molar-refractivity contribution is 0.102. The van der Waals surface area contributed by atoms with Gasteiger partial charge in [0.05, 0.1) is 15.6 Å². The summed E-state index contributed by atoms with van der Waals surface area (Å²) in [6, 6.07) is 0. The van der Waals surface area contributed by atoms with Gasteiger partial charge in [-0.25, -0.2) is 4.98 Å². The first-order chi connectivity index (χ1) is 9.63.